The van der Waals surface area contributed by atoms with E-state index in [9.17, 15) is 9.18 Å². The van der Waals surface area contributed by atoms with Crippen molar-refractivity contribution in [2.45, 2.75) is 26.7 Å². The average Bonchev–Trinajstić information content (AvgIpc) is 2.25. The van der Waals surface area contributed by atoms with Crippen LogP contribution in [0.3, 0.4) is 0 Å². The van der Waals surface area contributed by atoms with Gasteiger partial charge in [-0.3, -0.25) is 4.79 Å². The summed E-state index contributed by atoms with van der Waals surface area (Å²) in [5.41, 5.74) is 0.947. The summed E-state index contributed by atoms with van der Waals surface area (Å²) in [6.07, 6.45) is 0. The quantitative estimate of drug-likeness (QED) is 0.773. The second-order valence-electron chi connectivity index (χ2n) is 4.37. The van der Waals surface area contributed by atoms with Gasteiger partial charge in [-0.05, 0) is 36.1 Å². The van der Waals surface area contributed by atoms with E-state index in [4.69, 9.17) is 16.3 Å². The first-order valence-electron chi connectivity index (χ1n) is 5.41. The Hall–Kier alpha value is -1.09. The fourth-order valence-corrected chi connectivity index (χ4v) is 2.12. The second-order valence-corrected chi connectivity index (χ2v) is 4.77. The van der Waals surface area contributed by atoms with Crippen LogP contribution in [0, 0.1) is 18.7 Å². The zero-order chi connectivity index (χ0) is 13.2. The molecule has 0 fully saturated rings. The monoisotopic (exact) mass is 258 g/mol. The first-order valence-corrected chi connectivity index (χ1v) is 5.79. The van der Waals surface area contributed by atoms with Crippen LogP contribution in [0.25, 0.3) is 0 Å². The Morgan fingerprint density at radius 3 is 2.47 bits per heavy atom. The molecule has 0 aliphatic rings. The van der Waals surface area contributed by atoms with Crippen LogP contribution in [0.4, 0.5) is 4.39 Å². The topological polar surface area (TPSA) is 26.3 Å². The van der Waals surface area contributed by atoms with Crippen LogP contribution in [0.2, 0.25) is 5.02 Å². The molecule has 0 amide bonds. The van der Waals surface area contributed by atoms with Crippen LogP contribution in [-0.4, -0.2) is 13.1 Å². The number of carbonyl (C=O) groups excluding carboxylic acids is 1. The molecule has 17 heavy (non-hydrogen) atoms. The van der Waals surface area contributed by atoms with Crippen molar-refractivity contribution in [3.8, 4) is 0 Å². The first-order chi connectivity index (χ1) is 7.88. The van der Waals surface area contributed by atoms with E-state index in [0.717, 1.165) is 0 Å². The highest BCUT2D eigenvalue weighted by Crippen LogP contribution is 2.33. The number of halogens is 2. The van der Waals surface area contributed by atoms with E-state index < -0.39 is 11.9 Å². The Balaban J connectivity index is 3.28. The summed E-state index contributed by atoms with van der Waals surface area (Å²) in [4.78, 5) is 11.7. The largest absolute Gasteiger partial charge is 0.469 e. The number of hydrogen-bond donors (Lipinski definition) is 0. The van der Waals surface area contributed by atoms with Crippen molar-refractivity contribution in [3.05, 3.63) is 34.1 Å². The van der Waals surface area contributed by atoms with Gasteiger partial charge < -0.3 is 4.74 Å². The summed E-state index contributed by atoms with van der Waals surface area (Å²) in [5.74, 6) is -1.31. The molecule has 0 spiro atoms. The molecule has 1 rings (SSSR count). The zero-order valence-electron chi connectivity index (χ0n) is 10.4. The van der Waals surface area contributed by atoms with Crippen molar-refractivity contribution in [2.24, 2.45) is 5.92 Å². The van der Waals surface area contributed by atoms with Crippen molar-refractivity contribution >= 4 is 17.6 Å². The Morgan fingerprint density at radius 2 is 2.00 bits per heavy atom. The third-order valence-corrected chi connectivity index (χ3v) is 3.06. The maximum atomic E-state index is 13.5. The van der Waals surface area contributed by atoms with Gasteiger partial charge >= 0.3 is 5.97 Å². The highest BCUT2D eigenvalue weighted by molar-refractivity contribution is 6.31. The van der Waals surface area contributed by atoms with E-state index >= 15 is 0 Å². The highest BCUT2D eigenvalue weighted by Gasteiger charge is 2.27. The number of benzene rings is 1. The minimum atomic E-state index is -0.539. The molecule has 94 valence electrons. The lowest BCUT2D eigenvalue weighted by molar-refractivity contribution is -0.143. The molecule has 0 radical (unpaired) electrons. The van der Waals surface area contributed by atoms with Crippen molar-refractivity contribution in [1.82, 2.24) is 0 Å². The van der Waals surface area contributed by atoms with Gasteiger partial charge in [-0.25, -0.2) is 4.39 Å². The average molecular weight is 259 g/mol. The van der Waals surface area contributed by atoms with Crippen LogP contribution >= 0.6 is 11.6 Å². The molecule has 1 aromatic rings. The maximum absolute atomic E-state index is 13.5. The molecule has 0 N–H and O–H groups in total. The summed E-state index contributed by atoms with van der Waals surface area (Å²) in [6, 6.07) is 2.85. The normalized spacial score (nSPS) is 12.6. The van der Waals surface area contributed by atoms with Crippen LogP contribution in [0.15, 0.2) is 12.1 Å². The third kappa shape index (κ3) is 2.97. The fraction of sp³-hybridized carbons (Fsp3) is 0.462. The number of rotatable bonds is 3. The molecule has 0 bridgehead atoms. The van der Waals surface area contributed by atoms with Gasteiger partial charge in [-0.15, -0.1) is 0 Å². The molecule has 0 aliphatic carbocycles. The lowest BCUT2D eigenvalue weighted by Crippen LogP contribution is -2.20. The Labute approximate surface area is 106 Å². The minimum absolute atomic E-state index is 0.0120. The number of ether oxygens (including phenoxy) is 1. The molecule has 1 aromatic carbocycles. The van der Waals surface area contributed by atoms with E-state index in [2.05, 4.69) is 0 Å². The standard InChI is InChI=1S/C13H16ClFO2/c1-7(2)12(13(16)17-4)9-6-11(15)8(3)5-10(9)14/h5-7,12H,1-4H3. The second kappa shape index (κ2) is 5.50. The predicted molar refractivity (Wildman–Crippen MR) is 65.7 cm³/mol. The van der Waals surface area contributed by atoms with Gasteiger partial charge in [-0.1, -0.05) is 25.4 Å². The van der Waals surface area contributed by atoms with E-state index in [0.29, 0.717) is 16.1 Å². The SMILES string of the molecule is COC(=O)C(c1cc(F)c(C)cc1Cl)C(C)C. The molecule has 0 saturated heterocycles. The first kappa shape index (κ1) is 14.0. The minimum Gasteiger partial charge on any atom is -0.469 e. The van der Waals surface area contributed by atoms with Crippen LogP contribution in [0.1, 0.15) is 30.9 Å². The molecule has 0 aliphatic heterocycles. The molecule has 1 atom stereocenters. The van der Waals surface area contributed by atoms with Crippen molar-refractivity contribution in [1.29, 1.82) is 0 Å². The highest BCUT2D eigenvalue weighted by atomic mass is 35.5. The number of methoxy groups -OCH3 is 1. The Bertz CT molecular complexity index is 430. The van der Waals surface area contributed by atoms with Crippen LogP contribution < -0.4 is 0 Å². The molecule has 0 heterocycles. The summed E-state index contributed by atoms with van der Waals surface area (Å²) in [7, 11) is 1.32. The summed E-state index contributed by atoms with van der Waals surface area (Å²) in [5, 5.41) is 0.396. The van der Waals surface area contributed by atoms with E-state index in [-0.39, 0.29) is 11.7 Å². The third-order valence-electron chi connectivity index (χ3n) is 2.73. The van der Waals surface area contributed by atoms with Gasteiger partial charge in [0.05, 0.1) is 13.0 Å². The predicted octanol–water partition coefficient (Wildman–Crippen LogP) is 3.70. The summed E-state index contributed by atoms with van der Waals surface area (Å²) >= 11 is 6.07. The zero-order valence-corrected chi connectivity index (χ0v) is 11.1. The van der Waals surface area contributed by atoms with Gasteiger partial charge in [0.25, 0.3) is 0 Å². The van der Waals surface area contributed by atoms with Crippen molar-refractivity contribution in [3.63, 3.8) is 0 Å². The van der Waals surface area contributed by atoms with Crippen molar-refractivity contribution < 1.29 is 13.9 Å². The van der Waals surface area contributed by atoms with Gasteiger partial charge in [0.2, 0.25) is 0 Å². The number of hydrogen-bond acceptors (Lipinski definition) is 2. The van der Waals surface area contributed by atoms with Gasteiger partial charge in [0.1, 0.15) is 5.82 Å². The van der Waals surface area contributed by atoms with E-state index in [1.54, 1.807) is 6.92 Å². The number of aryl methyl sites for hydroxylation is 1. The summed E-state index contributed by atoms with van der Waals surface area (Å²) in [6.45, 7) is 5.37. The van der Waals surface area contributed by atoms with Crippen molar-refractivity contribution in [2.75, 3.05) is 7.11 Å². The molecule has 1 unspecified atom stereocenters. The Kier molecular flexibility index (Phi) is 4.52. The lowest BCUT2D eigenvalue weighted by atomic mass is 9.88. The van der Waals surface area contributed by atoms with Crippen LogP contribution in [-0.2, 0) is 9.53 Å². The molecule has 4 heteroatoms. The molecule has 2 nitrogen and oxygen atoms in total. The van der Waals surface area contributed by atoms with Gasteiger partial charge in [0, 0.05) is 5.02 Å². The number of esters is 1. The van der Waals surface area contributed by atoms with E-state index in [1.807, 2.05) is 13.8 Å². The van der Waals surface area contributed by atoms with Gasteiger partial charge in [-0.2, -0.15) is 0 Å². The molecular weight excluding hydrogens is 243 g/mol. The molecular formula is C13H16ClFO2. The summed E-state index contributed by atoms with van der Waals surface area (Å²) < 4.78 is 18.3. The lowest BCUT2D eigenvalue weighted by Gasteiger charge is -2.20. The van der Waals surface area contributed by atoms with E-state index in [1.165, 1.54) is 19.2 Å². The Morgan fingerprint density at radius 1 is 1.41 bits per heavy atom. The molecule has 0 saturated carbocycles. The van der Waals surface area contributed by atoms with Gasteiger partial charge in [0.15, 0.2) is 0 Å². The maximum Gasteiger partial charge on any atom is 0.313 e. The molecule has 0 aromatic heterocycles. The smallest absolute Gasteiger partial charge is 0.313 e. The fourth-order valence-electron chi connectivity index (χ4n) is 1.79. The van der Waals surface area contributed by atoms with Crippen LogP contribution in [0.5, 0.6) is 0 Å². The number of carbonyl (C=O) groups is 1.